The highest BCUT2D eigenvalue weighted by Crippen LogP contribution is 2.21. The molecule has 3 heteroatoms. The molecule has 3 nitrogen and oxygen atoms in total. The summed E-state index contributed by atoms with van der Waals surface area (Å²) < 4.78 is 5.77. The molecule has 23 heavy (non-hydrogen) atoms. The topological polar surface area (TPSA) is 39.2 Å². The van der Waals surface area contributed by atoms with Crippen LogP contribution in [0.5, 0.6) is 5.75 Å². The van der Waals surface area contributed by atoms with Gasteiger partial charge in [0.1, 0.15) is 5.75 Å². The Labute approximate surface area is 138 Å². The molecule has 0 radical (unpaired) electrons. The van der Waals surface area contributed by atoms with Crippen molar-refractivity contribution in [2.75, 3.05) is 6.61 Å². The smallest absolute Gasteiger partial charge is 0.151 e. The molecule has 0 atom stereocenters. The predicted molar refractivity (Wildman–Crippen MR) is 93.9 cm³/mol. The lowest BCUT2D eigenvalue weighted by Crippen LogP contribution is -1.97. The van der Waals surface area contributed by atoms with Gasteiger partial charge in [0, 0.05) is 17.3 Å². The molecule has 0 fully saturated rings. The van der Waals surface area contributed by atoms with Crippen LogP contribution in [0.25, 0.3) is 11.3 Å². The van der Waals surface area contributed by atoms with Gasteiger partial charge in [0.15, 0.2) is 6.29 Å². The van der Waals surface area contributed by atoms with Gasteiger partial charge in [-0.3, -0.25) is 9.78 Å². The number of nitrogens with zero attached hydrogens (tertiary/aromatic N) is 1. The predicted octanol–water partition coefficient (Wildman–Crippen LogP) is 5.30. The van der Waals surface area contributed by atoms with Crippen LogP contribution in [0.15, 0.2) is 42.6 Å². The van der Waals surface area contributed by atoms with Crippen molar-refractivity contribution < 1.29 is 9.53 Å². The second-order valence-electron chi connectivity index (χ2n) is 5.74. The molecule has 0 saturated heterocycles. The molecule has 2 aromatic rings. The van der Waals surface area contributed by atoms with Crippen molar-refractivity contribution in [1.82, 2.24) is 4.98 Å². The first-order valence-corrected chi connectivity index (χ1v) is 8.48. The average molecular weight is 311 g/mol. The van der Waals surface area contributed by atoms with Crippen LogP contribution in [0, 0.1) is 0 Å². The van der Waals surface area contributed by atoms with E-state index in [1.54, 1.807) is 12.3 Å². The second kappa shape index (κ2) is 9.78. The number of hydrogen-bond donors (Lipinski definition) is 0. The lowest BCUT2D eigenvalue weighted by molar-refractivity contribution is 0.112. The first-order chi connectivity index (χ1) is 11.3. The largest absolute Gasteiger partial charge is 0.494 e. The number of hydrogen-bond acceptors (Lipinski definition) is 3. The number of aldehydes is 1. The maximum Gasteiger partial charge on any atom is 0.151 e. The van der Waals surface area contributed by atoms with Crippen molar-refractivity contribution in [1.29, 1.82) is 0 Å². The standard InChI is InChI=1S/C20H25NO2/c1-2-3-4-5-6-7-14-23-19-11-9-18(10-12-19)20-13-8-17(16-22)15-21-20/h8-13,15-16H,2-7,14H2,1H3. The number of benzene rings is 1. The summed E-state index contributed by atoms with van der Waals surface area (Å²) >= 11 is 0. The summed E-state index contributed by atoms with van der Waals surface area (Å²) in [6.45, 7) is 3.01. The lowest BCUT2D eigenvalue weighted by Gasteiger charge is -2.07. The molecular formula is C20H25NO2. The summed E-state index contributed by atoms with van der Waals surface area (Å²) in [7, 11) is 0. The molecule has 122 valence electrons. The Bertz CT molecular complexity index is 576. The SMILES string of the molecule is CCCCCCCCOc1ccc(-c2ccc(C=O)cn2)cc1. The molecule has 0 bridgehead atoms. The Balaban J connectivity index is 1.76. The third-order valence-electron chi connectivity index (χ3n) is 3.84. The molecule has 0 spiro atoms. The number of unbranched alkanes of at least 4 members (excludes halogenated alkanes) is 5. The van der Waals surface area contributed by atoms with Crippen molar-refractivity contribution in [3.8, 4) is 17.0 Å². The third kappa shape index (κ3) is 5.85. The van der Waals surface area contributed by atoms with Crippen molar-refractivity contribution in [2.45, 2.75) is 45.4 Å². The molecule has 2 rings (SSSR count). The molecular weight excluding hydrogens is 286 g/mol. The molecule has 0 aliphatic rings. The van der Waals surface area contributed by atoms with Gasteiger partial charge in [0.25, 0.3) is 0 Å². The van der Waals surface area contributed by atoms with Crippen LogP contribution in [0.1, 0.15) is 55.8 Å². The van der Waals surface area contributed by atoms with Crippen LogP contribution in [-0.2, 0) is 0 Å². The van der Waals surface area contributed by atoms with E-state index < -0.39 is 0 Å². The number of rotatable bonds is 10. The highest BCUT2D eigenvalue weighted by Gasteiger charge is 2.01. The van der Waals surface area contributed by atoms with Crippen molar-refractivity contribution >= 4 is 6.29 Å². The van der Waals surface area contributed by atoms with E-state index >= 15 is 0 Å². The van der Waals surface area contributed by atoms with Crippen molar-refractivity contribution in [3.05, 3.63) is 48.2 Å². The average Bonchev–Trinajstić information content (AvgIpc) is 2.61. The first kappa shape index (κ1) is 17.2. The van der Waals surface area contributed by atoms with E-state index in [1.165, 1.54) is 32.1 Å². The Morgan fingerprint density at radius 2 is 1.70 bits per heavy atom. The van der Waals surface area contributed by atoms with E-state index in [9.17, 15) is 4.79 Å². The maximum atomic E-state index is 10.6. The van der Waals surface area contributed by atoms with Gasteiger partial charge < -0.3 is 4.74 Å². The molecule has 0 amide bonds. The third-order valence-corrected chi connectivity index (χ3v) is 3.84. The monoisotopic (exact) mass is 311 g/mol. The Hall–Kier alpha value is -2.16. The summed E-state index contributed by atoms with van der Waals surface area (Å²) in [5, 5.41) is 0. The van der Waals surface area contributed by atoms with Gasteiger partial charge in [-0.15, -0.1) is 0 Å². The zero-order chi connectivity index (χ0) is 16.3. The maximum absolute atomic E-state index is 10.6. The minimum Gasteiger partial charge on any atom is -0.494 e. The summed E-state index contributed by atoms with van der Waals surface area (Å²) in [5.41, 5.74) is 2.47. The van der Waals surface area contributed by atoms with E-state index in [0.29, 0.717) is 5.56 Å². The Kier molecular flexibility index (Phi) is 7.31. The molecule has 0 N–H and O–H groups in total. The fraction of sp³-hybridized carbons (Fsp3) is 0.400. The van der Waals surface area contributed by atoms with Gasteiger partial charge in [0.05, 0.1) is 12.3 Å². The number of aromatic nitrogens is 1. The first-order valence-electron chi connectivity index (χ1n) is 8.48. The highest BCUT2D eigenvalue weighted by molar-refractivity contribution is 5.75. The van der Waals surface area contributed by atoms with Gasteiger partial charge in [-0.1, -0.05) is 39.0 Å². The summed E-state index contributed by atoms with van der Waals surface area (Å²) in [6, 6.07) is 11.6. The van der Waals surface area contributed by atoms with E-state index in [0.717, 1.165) is 36.3 Å². The van der Waals surface area contributed by atoms with Gasteiger partial charge >= 0.3 is 0 Å². The van der Waals surface area contributed by atoms with Crippen LogP contribution in [-0.4, -0.2) is 17.9 Å². The minimum atomic E-state index is 0.590. The number of pyridine rings is 1. The summed E-state index contributed by atoms with van der Waals surface area (Å²) in [5.74, 6) is 0.895. The van der Waals surface area contributed by atoms with E-state index in [4.69, 9.17) is 4.74 Å². The molecule has 0 aliphatic heterocycles. The normalized spacial score (nSPS) is 10.5. The molecule has 1 aromatic heterocycles. The highest BCUT2D eigenvalue weighted by atomic mass is 16.5. The second-order valence-corrected chi connectivity index (χ2v) is 5.74. The number of carbonyl (C=O) groups is 1. The van der Waals surface area contributed by atoms with Crippen LogP contribution >= 0.6 is 0 Å². The minimum absolute atomic E-state index is 0.590. The van der Waals surface area contributed by atoms with E-state index in [1.807, 2.05) is 30.3 Å². The Morgan fingerprint density at radius 3 is 2.35 bits per heavy atom. The molecule has 0 unspecified atom stereocenters. The fourth-order valence-corrected chi connectivity index (χ4v) is 2.44. The molecule has 1 aromatic carbocycles. The number of carbonyl (C=O) groups excluding carboxylic acids is 1. The van der Waals surface area contributed by atoms with Gasteiger partial charge in [-0.25, -0.2) is 0 Å². The van der Waals surface area contributed by atoms with Crippen LogP contribution in [0.2, 0.25) is 0 Å². The van der Waals surface area contributed by atoms with Crippen LogP contribution < -0.4 is 4.74 Å². The molecule has 0 saturated carbocycles. The van der Waals surface area contributed by atoms with Gasteiger partial charge in [-0.2, -0.15) is 0 Å². The summed E-state index contributed by atoms with van der Waals surface area (Å²) in [6.07, 6.45) is 10.0. The molecule has 1 heterocycles. The van der Waals surface area contributed by atoms with E-state index in [-0.39, 0.29) is 0 Å². The van der Waals surface area contributed by atoms with Crippen LogP contribution in [0.3, 0.4) is 0 Å². The lowest BCUT2D eigenvalue weighted by atomic mass is 10.1. The zero-order valence-electron chi connectivity index (χ0n) is 13.8. The zero-order valence-corrected chi connectivity index (χ0v) is 13.8. The Morgan fingerprint density at radius 1 is 0.957 bits per heavy atom. The van der Waals surface area contributed by atoms with Crippen molar-refractivity contribution in [3.63, 3.8) is 0 Å². The quantitative estimate of drug-likeness (QED) is 0.441. The number of ether oxygens (including phenoxy) is 1. The fourth-order valence-electron chi connectivity index (χ4n) is 2.44. The molecule has 0 aliphatic carbocycles. The van der Waals surface area contributed by atoms with E-state index in [2.05, 4.69) is 11.9 Å². The van der Waals surface area contributed by atoms with Crippen molar-refractivity contribution in [2.24, 2.45) is 0 Å². The van der Waals surface area contributed by atoms with Crippen LogP contribution in [0.4, 0.5) is 0 Å². The van der Waals surface area contributed by atoms with Gasteiger partial charge in [-0.05, 0) is 42.8 Å². The summed E-state index contributed by atoms with van der Waals surface area (Å²) in [4.78, 5) is 14.9. The van der Waals surface area contributed by atoms with Gasteiger partial charge in [0.2, 0.25) is 0 Å².